The molecule has 2 aromatic carbocycles. The molecule has 0 fully saturated rings. The maximum Gasteiger partial charge on any atom is 0.315 e. The minimum atomic E-state index is -3.98. The minimum Gasteiger partial charge on any atom is -0.466 e. The van der Waals surface area contributed by atoms with E-state index in [2.05, 4.69) is 4.98 Å². The Labute approximate surface area is 156 Å². The van der Waals surface area contributed by atoms with E-state index in [1.165, 1.54) is 6.07 Å². The van der Waals surface area contributed by atoms with Crippen molar-refractivity contribution in [2.24, 2.45) is 5.14 Å². The molecule has 0 radical (unpaired) electrons. The molecule has 140 valence electrons. The monoisotopic (exact) mass is 386 g/mol. The van der Waals surface area contributed by atoms with Crippen molar-refractivity contribution in [2.45, 2.75) is 18.2 Å². The number of carbonyl (C=O) groups is 1. The Morgan fingerprint density at radius 3 is 2.44 bits per heavy atom. The summed E-state index contributed by atoms with van der Waals surface area (Å²) >= 11 is 0. The Bertz CT molecular complexity index is 1060. The van der Waals surface area contributed by atoms with E-state index in [9.17, 15) is 13.2 Å². The topological polar surface area (TPSA) is 112 Å². The molecule has 0 saturated carbocycles. The standard InChI is InChI=1S/C19H18N2O5S/c1-2-25-17(22)12-16-21-18(19(26-16)13-8-4-3-5-9-13)14-10-6-7-11-15(14)27(20,23)24/h3-11H,2,12H2,1H3,(H2,20,23,24). The predicted octanol–water partition coefficient (Wildman–Crippen LogP) is 2.76. The van der Waals surface area contributed by atoms with Gasteiger partial charge in [0.25, 0.3) is 0 Å². The molecule has 2 N–H and O–H groups in total. The summed E-state index contributed by atoms with van der Waals surface area (Å²) in [5.41, 5.74) is 1.29. The normalized spacial score (nSPS) is 11.3. The van der Waals surface area contributed by atoms with Gasteiger partial charge in [0.05, 0.1) is 11.5 Å². The highest BCUT2D eigenvalue weighted by Gasteiger charge is 2.23. The summed E-state index contributed by atoms with van der Waals surface area (Å²) in [4.78, 5) is 16.1. The molecule has 0 aliphatic carbocycles. The first kappa shape index (κ1) is 18.8. The fraction of sp³-hybridized carbons (Fsp3) is 0.158. The lowest BCUT2D eigenvalue weighted by atomic mass is 10.1. The van der Waals surface area contributed by atoms with Crippen molar-refractivity contribution in [3.8, 4) is 22.6 Å². The van der Waals surface area contributed by atoms with Crippen molar-refractivity contribution < 1.29 is 22.4 Å². The summed E-state index contributed by atoms with van der Waals surface area (Å²) in [5, 5.41) is 5.35. The van der Waals surface area contributed by atoms with Gasteiger partial charge < -0.3 is 9.15 Å². The van der Waals surface area contributed by atoms with Gasteiger partial charge in [-0.3, -0.25) is 4.79 Å². The minimum absolute atomic E-state index is 0.0711. The Kier molecular flexibility index (Phi) is 5.38. The van der Waals surface area contributed by atoms with Crippen LogP contribution in [-0.4, -0.2) is 26.0 Å². The molecule has 3 rings (SSSR count). The first-order valence-electron chi connectivity index (χ1n) is 8.23. The average Bonchev–Trinajstić information content (AvgIpc) is 3.05. The van der Waals surface area contributed by atoms with Crippen LogP contribution >= 0.6 is 0 Å². The smallest absolute Gasteiger partial charge is 0.315 e. The van der Waals surface area contributed by atoms with E-state index >= 15 is 0 Å². The molecule has 0 amide bonds. The molecule has 7 nitrogen and oxygen atoms in total. The molecule has 0 atom stereocenters. The highest BCUT2D eigenvalue weighted by atomic mass is 32.2. The highest BCUT2D eigenvalue weighted by molar-refractivity contribution is 7.89. The summed E-state index contributed by atoms with van der Waals surface area (Å²) < 4.78 is 34.7. The van der Waals surface area contributed by atoms with Gasteiger partial charge in [-0.05, 0) is 13.0 Å². The number of sulfonamides is 1. The molecule has 8 heteroatoms. The van der Waals surface area contributed by atoms with Crippen LogP contribution in [0.3, 0.4) is 0 Å². The van der Waals surface area contributed by atoms with Gasteiger partial charge in [-0.15, -0.1) is 0 Å². The molecule has 0 bridgehead atoms. The summed E-state index contributed by atoms with van der Waals surface area (Å²) in [6.45, 7) is 1.95. The van der Waals surface area contributed by atoms with Crippen molar-refractivity contribution in [1.29, 1.82) is 0 Å². The van der Waals surface area contributed by atoms with Crippen molar-refractivity contribution in [3.05, 3.63) is 60.5 Å². The van der Waals surface area contributed by atoms with Crippen LogP contribution in [0.4, 0.5) is 0 Å². The van der Waals surface area contributed by atoms with Gasteiger partial charge in [-0.1, -0.05) is 48.5 Å². The molecule has 27 heavy (non-hydrogen) atoms. The molecule has 0 spiro atoms. The maximum atomic E-state index is 12.0. The number of ether oxygens (including phenoxy) is 1. The largest absolute Gasteiger partial charge is 0.466 e. The number of esters is 1. The fourth-order valence-electron chi connectivity index (χ4n) is 2.65. The maximum absolute atomic E-state index is 12.0. The third-order valence-electron chi connectivity index (χ3n) is 3.76. The number of rotatable bonds is 6. The highest BCUT2D eigenvalue weighted by Crippen LogP contribution is 2.35. The van der Waals surface area contributed by atoms with E-state index < -0.39 is 16.0 Å². The second-order valence-corrected chi connectivity index (χ2v) is 7.20. The number of aromatic nitrogens is 1. The number of oxazole rings is 1. The zero-order valence-electron chi connectivity index (χ0n) is 14.6. The van der Waals surface area contributed by atoms with Crippen LogP contribution in [-0.2, 0) is 26.0 Å². The van der Waals surface area contributed by atoms with E-state index in [1.54, 1.807) is 37.3 Å². The Morgan fingerprint density at radius 1 is 1.11 bits per heavy atom. The summed E-state index contributed by atoms with van der Waals surface area (Å²) in [7, 11) is -3.98. The Morgan fingerprint density at radius 2 is 1.78 bits per heavy atom. The Hall–Kier alpha value is -2.97. The SMILES string of the molecule is CCOC(=O)Cc1nc(-c2ccccc2S(N)(=O)=O)c(-c2ccccc2)o1. The van der Waals surface area contributed by atoms with Crippen molar-refractivity contribution in [2.75, 3.05) is 6.61 Å². The van der Waals surface area contributed by atoms with Gasteiger partial charge in [-0.25, -0.2) is 18.5 Å². The van der Waals surface area contributed by atoms with Gasteiger partial charge in [0.15, 0.2) is 5.76 Å². The van der Waals surface area contributed by atoms with Gasteiger partial charge >= 0.3 is 5.97 Å². The number of hydrogen-bond acceptors (Lipinski definition) is 6. The molecular formula is C19H18N2O5S. The van der Waals surface area contributed by atoms with Crippen LogP contribution < -0.4 is 5.14 Å². The van der Waals surface area contributed by atoms with Crippen molar-refractivity contribution in [3.63, 3.8) is 0 Å². The van der Waals surface area contributed by atoms with Crippen LogP contribution in [0.15, 0.2) is 63.9 Å². The number of nitrogens with zero attached hydrogens (tertiary/aromatic N) is 1. The molecule has 0 saturated heterocycles. The second kappa shape index (κ2) is 7.73. The van der Waals surface area contributed by atoms with E-state index in [0.717, 1.165) is 0 Å². The fourth-order valence-corrected chi connectivity index (χ4v) is 3.39. The lowest BCUT2D eigenvalue weighted by Gasteiger charge is -2.06. The molecule has 1 heterocycles. The zero-order chi connectivity index (χ0) is 19.4. The van der Waals surface area contributed by atoms with Crippen LogP contribution in [0.1, 0.15) is 12.8 Å². The van der Waals surface area contributed by atoms with Crippen LogP contribution in [0.2, 0.25) is 0 Å². The molecule has 0 aliphatic rings. The summed E-state index contributed by atoms with van der Waals surface area (Å²) in [6.07, 6.45) is -0.161. The van der Waals surface area contributed by atoms with E-state index in [1.807, 2.05) is 18.2 Å². The zero-order valence-corrected chi connectivity index (χ0v) is 15.4. The second-order valence-electron chi connectivity index (χ2n) is 5.67. The van der Waals surface area contributed by atoms with Gasteiger partial charge in [0, 0.05) is 11.1 Å². The quantitative estimate of drug-likeness (QED) is 0.652. The molecule has 0 unspecified atom stereocenters. The van der Waals surface area contributed by atoms with Gasteiger partial charge in [0.2, 0.25) is 15.9 Å². The molecule has 0 aliphatic heterocycles. The molecular weight excluding hydrogens is 368 g/mol. The number of carbonyl (C=O) groups excluding carboxylic acids is 1. The molecule has 3 aromatic rings. The number of hydrogen-bond donors (Lipinski definition) is 1. The van der Waals surface area contributed by atoms with E-state index in [4.69, 9.17) is 14.3 Å². The third-order valence-corrected chi connectivity index (χ3v) is 4.73. The Balaban J connectivity index is 2.17. The van der Waals surface area contributed by atoms with Crippen molar-refractivity contribution >= 4 is 16.0 Å². The summed E-state index contributed by atoms with van der Waals surface area (Å²) in [5.74, 6) is 0.00201. The number of benzene rings is 2. The van der Waals surface area contributed by atoms with Crippen molar-refractivity contribution in [1.82, 2.24) is 4.98 Å². The number of primary sulfonamides is 1. The first-order valence-corrected chi connectivity index (χ1v) is 9.77. The van der Waals surface area contributed by atoms with Crippen LogP contribution in [0.25, 0.3) is 22.6 Å². The van der Waals surface area contributed by atoms with Gasteiger partial charge in [0.1, 0.15) is 12.1 Å². The lowest BCUT2D eigenvalue weighted by Crippen LogP contribution is -2.13. The first-order chi connectivity index (χ1) is 12.9. The van der Waals surface area contributed by atoms with Crippen LogP contribution in [0, 0.1) is 0 Å². The van der Waals surface area contributed by atoms with E-state index in [-0.39, 0.29) is 23.8 Å². The average molecular weight is 386 g/mol. The molecule has 1 aromatic heterocycles. The van der Waals surface area contributed by atoms with Crippen LogP contribution in [0.5, 0.6) is 0 Å². The van der Waals surface area contributed by atoms with E-state index in [0.29, 0.717) is 22.6 Å². The third kappa shape index (κ3) is 4.24. The van der Waals surface area contributed by atoms with Gasteiger partial charge in [-0.2, -0.15) is 0 Å². The summed E-state index contributed by atoms with van der Waals surface area (Å²) in [6, 6.07) is 15.3. The number of nitrogens with two attached hydrogens (primary N) is 1. The lowest BCUT2D eigenvalue weighted by molar-refractivity contribution is -0.142. The predicted molar refractivity (Wildman–Crippen MR) is 99.1 cm³/mol.